The van der Waals surface area contributed by atoms with E-state index in [-0.39, 0.29) is 30.0 Å². The van der Waals surface area contributed by atoms with Crippen LogP contribution < -0.4 is 9.84 Å². The molecule has 0 saturated carbocycles. The minimum Gasteiger partial charge on any atom is -0.420 e. The molecule has 2 N–H and O–H groups in total. The van der Waals surface area contributed by atoms with Crippen LogP contribution in [0.15, 0.2) is 35.3 Å². The van der Waals surface area contributed by atoms with E-state index >= 15 is 0 Å². The Bertz CT molecular complexity index is 611. The predicted molar refractivity (Wildman–Crippen MR) is 73.8 cm³/mol. The number of hydrogen-bond donors (Lipinski definition) is 2. The van der Waals surface area contributed by atoms with Gasteiger partial charge in [-0.05, 0) is 19.1 Å². The normalized spacial score (nSPS) is 23.9. The number of carbonyl (C=O) groups excluding carboxylic acids is 1. The Labute approximate surface area is 116 Å². The lowest BCUT2D eigenvalue weighted by atomic mass is 10.1. The number of aliphatic hydroxyl groups is 1. The fourth-order valence-corrected chi connectivity index (χ4v) is 3.62. The number of rotatable bonds is 4. The zero-order chi connectivity index (χ0) is 14.8. The zero-order valence-electron chi connectivity index (χ0n) is 11.3. The van der Waals surface area contributed by atoms with Gasteiger partial charge in [-0.25, -0.2) is 4.57 Å². The molecule has 0 aliphatic carbocycles. The van der Waals surface area contributed by atoms with Crippen LogP contribution in [-0.2, 0) is 9.09 Å². The van der Waals surface area contributed by atoms with Crippen molar-refractivity contribution < 1.29 is 23.5 Å². The topological polar surface area (TPSA) is 84.9 Å². The fourth-order valence-electron chi connectivity index (χ4n) is 1.99. The Kier molecular flexibility index (Phi) is 4.28. The first-order valence-electron chi connectivity index (χ1n) is 6.08. The van der Waals surface area contributed by atoms with Gasteiger partial charge >= 0.3 is 7.60 Å². The molecular weight excluding hydrogens is 281 g/mol. The SMILES string of the molecule is CO[P@@]1(=O)Oc2ccccc2C(=O)/C1=C(/C)NCCO. The number of benzene rings is 1. The number of allylic oxidation sites excluding steroid dienone is 2. The maximum atomic E-state index is 12.7. The Hall–Kier alpha value is -1.62. The van der Waals surface area contributed by atoms with Crippen LogP contribution in [0.5, 0.6) is 5.75 Å². The summed E-state index contributed by atoms with van der Waals surface area (Å²) in [6.07, 6.45) is 0. The Morgan fingerprint density at radius 2 is 2.15 bits per heavy atom. The maximum Gasteiger partial charge on any atom is 0.416 e. The van der Waals surface area contributed by atoms with Crippen molar-refractivity contribution in [3.63, 3.8) is 0 Å². The highest BCUT2D eigenvalue weighted by Crippen LogP contribution is 2.60. The average molecular weight is 297 g/mol. The van der Waals surface area contributed by atoms with Crippen LogP contribution in [0.1, 0.15) is 17.3 Å². The standard InChI is InChI=1S/C13H16NO5P/c1-9(14-7-8-15)13-12(16)10-5-3-4-6-11(10)19-20(13,17)18-2/h3-6,14-15H,7-8H2,1-2H3/b13-9+/t20-/m1/s1. The first-order chi connectivity index (χ1) is 9.53. The number of nitrogens with one attached hydrogen (secondary N) is 1. The van der Waals surface area contributed by atoms with Crippen LogP contribution in [0.25, 0.3) is 0 Å². The number of para-hydroxylation sites is 1. The van der Waals surface area contributed by atoms with Crippen molar-refractivity contribution in [3.05, 3.63) is 40.8 Å². The lowest BCUT2D eigenvalue weighted by molar-refractivity contribution is 0.102. The van der Waals surface area contributed by atoms with Gasteiger partial charge in [-0.3, -0.25) is 9.32 Å². The largest absolute Gasteiger partial charge is 0.420 e. The molecule has 1 aliphatic rings. The first kappa shape index (κ1) is 14.8. The molecule has 0 saturated heterocycles. The van der Waals surface area contributed by atoms with E-state index in [2.05, 4.69) is 5.32 Å². The summed E-state index contributed by atoms with van der Waals surface area (Å²) in [4.78, 5) is 12.5. The smallest absolute Gasteiger partial charge is 0.416 e. The first-order valence-corrected chi connectivity index (χ1v) is 7.63. The van der Waals surface area contributed by atoms with Crippen molar-refractivity contribution >= 4 is 13.4 Å². The lowest BCUT2D eigenvalue weighted by Crippen LogP contribution is -2.24. The molecule has 0 spiro atoms. The van der Waals surface area contributed by atoms with Gasteiger partial charge in [0.25, 0.3) is 0 Å². The monoisotopic (exact) mass is 297 g/mol. The van der Waals surface area contributed by atoms with E-state index in [1.807, 2.05) is 0 Å². The molecule has 1 heterocycles. The number of ketones is 1. The molecule has 0 unspecified atom stereocenters. The van der Waals surface area contributed by atoms with Gasteiger partial charge in [0.05, 0.1) is 12.2 Å². The van der Waals surface area contributed by atoms with E-state index in [0.29, 0.717) is 11.3 Å². The van der Waals surface area contributed by atoms with E-state index in [4.69, 9.17) is 14.2 Å². The summed E-state index contributed by atoms with van der Waals surface area (Å²) in [7, 11) is -2.47. The van der Waals surface area contributed by atoms with E-state index < -0.39 is 7.60 Å². The van der Waals surface area contributed by atoms with E-state index in [1.165, 1.54) is 7.11 Å². The van der Waals surface area contributed by atoms with Gasteiger partial charge in [-0.1, -0.05) is 12.1 Å². The molecule has 1 aromatic rings. The third kappa shape index (κ3) is 2.50. The Balaban J connectivity index is 2.55. The van der Waals surface area contributed by atoms with Crippen LogP contribution in [0, 0.1) is 0 Å². The van der Waals surface area contributed by atoms with Crippen molar-refractivity contribution in [2.75, 3.05) is 20.3 Å². The summed E-state index contributed by atoms with van der Waals surface area (Å²) in [5.74, 6) is -0.138. The fraction of sp³-hybridized carbons (Fsp3) is 0.308. The van der Waals surface area contributed by atoms with E-state index in [1.54, 1.807) is 31.2 Å². The van der Waals surface area contributed by atoms with E-state index in [0.717, 1.165) is 0 Å². The van der Waals surface area contributed by atoms with Crippen molar-refractivity contribution in [2.24, 2.45) is 0 Å². The number of hydrogen-bond acceptors (Lipinski definition) is 6. The Morgan fingerprint density at radius 1 is 1.45 bits per heavy atom. The molecule has 7 heteroatoms. The van der Waals surface area contributed by atoms with Gasteiger partial charge in [-0.15, -0.1) is 0 Å². The van der Waals surface area contributed by atoms with Gasteiger partial charge in [-0.2, -0.15) is 0 Å². The molecule has 0 aromatic heterocycles. The number of fused-ring (bicyclic) bond motifs is 1. The minimum atomic E-state index is -3.70. The van der Waals surface area contributed by atoms with Gasteiger partial charge in [0, 0.05) is 19.4 Å². The lowest BCUT2D eigenvalue weighted by Gasteiger charge is -2.27. The summed E-state index contributed by atoms with van der Waals surface area (Å²) in [5, 5.41) is 11.6. The second-order valence-electron chi connectivity index (χ2n) is 4.22. The van der Waals surface area contributed by atoms with Crippen molar-refractivity contribution in [3.8, 4) is 5.75 Å². The highest BCUT2D eigenvalue weighted by atomic mass is 31.2. The summed E-state index contributed by atoms with van der Waals surface area (Å²) in [6.45, 7) is 1.74. The number of carbonyl (C=O) groups is 1. The molecule has 2 rings (SSSR count). The van der Waals surface area contributed by atoms with Crippen LogP contribution in [0.2, 0.25) is 0 Å². The molecule has 0 fully saturated rings. The molecule has 1 atom stereocenters. The highest BCUT2D eigenvalue weighted by Gasteiger charge is 2.43. The predicted octanol–water partition coefficient (Wildman–Crippen LogP) is 1.91. The van der Waals surface area contributed by atoms with Gasteiger partial charge in [0.1, 0.15) is 11.1 Å². The number of Topliss-reactive ketones (excluding diaryl/α,β-unsaturated/α-hetero) is 1. The second kappa shape index (κ2) is 5.79. The summed E-state index contributed by atoms with van der Waals surface area (Å²) < 4.78 is 23.1. The molecule has 108 valence electrons. The van der Waals surface area contributed by atoms with Gasteiger partial charge in [0.15, 0.2) is 0 Å². The van der Waals surface area contributed by atoms with E-state index in [9.17, 15) is 9.36 Å². The molecule has 0 amide bonds. The molecule has 20 heavy (non-hydrogen) atoms. The van der Waals surface area contributed by atoms with Crippen LogP contribution in [0.3, 0.4) is 0 Å². The molecule has 6 nitrogen and oxygen atoms in total. The average Bonchev–Trinajstić information content (AvgIpc) is 2.45. The number of aliphatic hydroxyl groups excluding tert-OH is 1. The summed E-state index contributed by atoms with van der Waals surface area (Å²) >= 11 is 0. The van der Waals surface area contributed by atoms with Crippen molar-refractivity contribution in [1.29, 1.82) is 0 Å². The second-order valence-corrected chi connectivity index (χ2v) is 6.21. The van der Waals surface area contributed by atoms with Gasteiger partial charge in [0.2, 0.25) is 5.78 Å². The molecule has 1 aromatic carbocycles. The minimum absolute atomic E-state index is 0.0212. The van der Waals surface area contributed by atoms with Crippen molar-refractivity contribution in [2.45, 2.75) is 6.92 Å². The summed E-state index contributed by atoms with van der Waals surface area (Å²) in [6, 6.07) is 6.58. The van der Waals surface area contributed by atoms with Crippen molar-refractivity contribution in [1.82, 2.24) is 5.32 Å². The third-order valence-electron chi connectivity index (χ3n) is 2.94. The van der Waals surface area contributed by atoms with Gasteiger partial charge < -0.3 is 14.9 Å². The molecular formula is C13H16NO5P. The van der Waals surface area contributed by atoms with Crippen LogP contribution in [-0.4, -0.2) is 31.2 Å². The van der Waals surface area contributed by atoms with Crippen LogP contribution in [0.4, 0.5) is 0 Å². The quantitative estimate of drug-likeness (QED) is 0.652. The molecule has 1 aliphatic heterocycles. The molecule has 0 bridgehead atoms. The zero-order valence-corrected chi connectivity index (χ0v) is 12.1. The Morgan fingerprint density at radius 3 is 2.80 bits per heavy atom. The summed E-state index contributed by atoms with van der Waals surface area (Å²) in [5.41, 5.74) is 0.722. The van der Waals surface area contributed by atoms with Crippen LogP contribution >= 0.6 is 7.60 Å². The third-order valence-corrected chi connectivity index (χ3v) is 4.94. The highest BCUT2D eigenvalue weighted by molar-refractivity contribution is 7.60. The molecule has 0 radical (unpaired) electrons. The maximum absolute atomic E-state index is 12.7.